The molecule has 22 heavy (non-hydrogen) atoms. The number of H-pyrrole nitrogens is 1. The van der Waals surface area contributed by atoms with Crippen molar-refractivity contribution < 1.29 is 9.18 Å². The zero-order valence-corrected chi connectivity index (χ0v) is 11.8. The average molecular weight is 300 g/mol. The number of nitrogens with one attached hydrogen (secondary N) is 2. The summed E-state index contributed by atoms with van der Waals surface area (Å²) in [6.07, 6.45) is 1.63. The molecular formula is C15H13FN4O2. The molecule has 3 aromatic rings. The minimum atomic E-state index is -0.398. The molecule has 0 aliphatic carbocycles. The minimum Gasteiger partial charge on any atom is -0.347 e. The Kier molecular flexibility index (Phi) is 3.46. The molecular weight excluding hydrogens is 287 g/mol. The summed E-state index contributed by atoms with van der Waals surface area (Å²) in [5, 5.41) is 6.77. The number of hydrogen-bond donors (Lipinski definition) is 2. The molecule has 0 aliphatic heterocycles. The van der Waals surface area contributed by atoms with Crippen LogP contribution in [0.3, 0.4) is 0 Å². The standard InChI is InChI=1S/C15H13FN4O2/c1-9-8-20-13(15(22)18-9)6-12(19-20)14(21)17-7-10-2-4-11(16)5-3-10/h2-6,8H,7H2,1H3,(H,17,21)(H,18,22). The van der Waals surface area contributed by atoms with Crippen LogP contribution in [0.5, 0.6) is 0 Å². The number of fused-ring (bicyclic) bond motifs is 1. The Labute approximate surface area is 124 Å². The van der Waals surface area contributed by atoms with E-state index in [1.165, 1.54) is 22.7 Å². The maximum Gasteiger partial charge on any atom is 0.274 e. The molecule has 0 fully saturated rings. The van der Waals surface area contributed by atoms with Crippen LogP contribution >= 0.6 is 0 Å². The lowest BCUT2D eigenvalue weighted by Gasteiger charge is -2.03. The van der Waals surface area contributed by atoms with E-state index in [0.717, 1.165) is 5.56 Å². The van der Waals surface area contributed by atoms with Crippen LogP contribution in [0, 0.1) is 12.7 Å². The zero-order chi connectivity index (χ0) is 15.7. The third kappa shape index (κ3) is 2.73. The first-order chi connectivity index (χ1) is 10.5. The van der Waals surface area contributed by atoms with Gasteiger partial charge >= 0.3 is 0 Å². The minimum absolute atomic E-state index is 0.151. The van der Waals surface area contributed by atoms with Gasteiger partial charge in [-0.1, -0.05) is 12.1 Å². The number of carbonyl (C=O) groups is 1. The first kappa shape index (κ1) is 14.0. The summed E-state index contributed by atoms with van der Waals surface area (Å²) in [6, 6.07) is 7.27. The Bertz CT molecular complexity index is 896. The molecule has 2 N–H and O–H groups in total. The molecule has 0 radical (unpaired) electrons. The lowest BCUT2D eigenvalue weighted by molar-refractivity contribution is 0.0945. The first-order valence-electron chi connectivity index (χ1n) is 6.65. The zero-order valence-electron chi connectivity index (χ0n) is 11.8. The van der Waals surface area contributed by atoms with E-state index in [-0.39, 0.29) is 23.6 Å². The molecule has 7 heteroatoms. The summed E-state index contributed by atoms with van der Waals surface area (Å²) in [5.74, 6) is -0.727. The highest BCUT2D eigenvalue weighted by molar-refractivity contribution is 5.93. The maximum absolute atomic E-state index is 12.8. The second-order valence-corrected chi connectivity index (χ2v) is 4.93. The van der Waals surface area contributed by atoms with Gasteiger partial charge in [-0.15, -0.1) is 0 Å². The molecule has 0 unspecified atom stereocenters. The van der Waals surface area contributed by atoms with Crippen molar-refractivity contribution in [2.45, 2.75) is 13.5 Å². The van der Waals surface area contributed by atoms with Crippen molar-refractivity contribution in [1.82, 2.24) is 19.9 Å². The SMILES string of the molecule is Cc1cn2nc(C(=O)NCc3ccc(F)cc3)cc2c(=O)[nH]1. The van der Waals surface area contributed by atoms with Crippen LogP contribution in [0.15, 0.2) is 41.3 Å². The summed E-state index contributed by atoms with van der Waals surface area (Å²) in [4.78, 5) is 26.5. The van der Waals surface area contributed by atoms with Crippen molar-refractivity contribution in [3.8, 4) is 0 Å². The fraction of sp³-hybridized carbons (Fsp3) is 0.133. The number of amides is 1. The Morgan fingerprint density at radius 2 is 2.09 bits per heavy atom. The lowest BCUT2D eigenvalue weighted by atomic mass is 10.2. The van der Waals surface area contributed by atoms with Gasteiger partial charge in [-0.3, -0.25) is 9.59 Å². The van der Waals surface area contributed by atoms with Gasteiger partial charge in [-0.05, 0) is 24.6 Å². The summed E-state index contributed by atoms with van der Waals surface area (Å²) in [6.45, 7) is 1.99. The van der Waals surface area contributed by atoms with E-state index in [4.69, 9.17) is 0 Å². The second kappa shape index (κ2) is 5.44. The molecule has 1 amide bonds. The molecule has 0 saturated heterocycles. The van der Waals surface area contributed by atoms with Gasteiger partial charge in [0, 0.05) is 24.5 Å². The van der Waals surface area contributed by atoms with Crippen LogP contribution in [0.25, 0.3) is 5.52 Å². The Hall–Kier alpha value is -2.96. The number of carbonyl (C=O) groups excluding carboxylic acids is 1. The molecule has 0 atom stereocenters. The van der Waals surface area contributed by atoms with Crippen molar-refractivity contribution in [2.24, 2.45) is 0 Å². The van der Waals surface area contributed by atoms with E-state index in [0.29, 0.717) is 11.2 Å². The third-order valence-corrected chi connectivity index (χ3v) is 3.19. The van der Waals surface area contributed by atoms with E-state index in [2.05, 4.69) is 15.4 Å². The first-order valence-corrected chi connectivity index (χ1v) is 6.65. The number of nitrogens with zero attached hydrogens (tertiary/aromatic N) is 2. The van der Waals surface area contributed by atoms with Crippen molar-refractivity contribution >= 4 is 11.4 Å². The molecule has 2 aromatic heterocycles. The fourth-order valence-corrected chi connectivity index (χ4v) is 2.11. The number of halogens is 1. The average Bonchev–Trinajstić information content (AvgIpc) is 2.90. The lowest BCUT2D eigenvalue weighted by Crippen LogP contribution is -2.23. The highest BCUT2D eigenvalue weighted by Crippen LogP contribution is 2.05. The summed E-state index contributed by atoms with van der Waals surface area (Å²) < 4.78 is 14.2. The molecule has 6 nitrogen and oxygen atoms in total. The quantitative estimate of drug-likeness (QED) is 0.767. The van der Waals surface area contributed by atoms with Gasteiger partial charge in [-0.2, -0.15) is 5.10 Å². The molecule has 1 aromatic carbocycles. The van der Waals surface area contributed by atoms with E-state index < -0.39 is 5.91 Å². The van der Waals surface area contributed by atoms with Gasteiger partial charge < -0.3 is 10.3 Å². The van der Waals surface area contributed by atoms with E-state index in [9.17, 15) is 14.0 Å². The Morgan fingerprint density at radius 3 is 2.82 bits per heavy atom. The summed E-state index contributed by atoms with van der Waals surface area (Å²) in [7, 11) is 0. The highest BCUT2D eigenvalue weighted by atomic mass is 19.1. The molecule has 2 heterocycles. The van der Waals surface area contributed by atoms with Gasteiger partial charge in [0.2, 0.25) is 0 Å². The molecule has 0 bridgehead atoms. The van der Waals surface area contributed by atoms with E-state index in [1.54, 1.807) is 25.3 Å². The Morgan fingerprint density at radius 1 is 1.36 bits per heavy atom. The van der Waals surface area contributed by atoms with E-state index in [1.807, 2.05) is 0 Å². The molecule has 0 spiro atoms. The predicted octanol–water partition coefficient (Wildman–Crippen LogP) is 1.40. The monoisotopic (exact) mass is 300 g/mol. The predicted molar refractivity (Wildman–Crippen MR) is 78.1 cm³/mol. The van der Waals surface area contributed by atoms with Crippen molar-refractivity contribution in [3.63, 3.8) is 0 Å². The van der Waals surface area contributed by atoms with Crippen LogP contribution in [0.1, 0.15) is 21.7 Å². The molecule has 0 saturated carbocycles. The summed E-state index contributed by atoms with van der Waals surface area (Å²) in [5.41, 5.74) is 1.58. The van der Waals surface area contributed by atoms with Crippen LogP contribution < -0.4 is 10.9 Å². The van der Waals surface area contributed by atoms with Crippen LogP contribution in [0.4, 0.5) is 4.39 Å². The number of benzene rings is 1. The smallest absolute Gasteiger partial charge is 0.274 e. The van der Waals surface area contributed by atoms with Gasteiger partial charge in [-0.25, -0.2) is 8.91 Å². The second-order valence-electron chi connectivity index (χ2n) is 4.93. The summed E-state index contributed by atoms with van der Waals surface area (Å²) >= 11 is 0. The highest BCUT2D eigenvalue weighted by Gasteiger charge is 2.12. The number of aromatic amines is 1. The van der Waals surface area contributed by atoms with Crippen molar-refractivity contribution in [1.29, 1.82) is 0 Å². The van der Waals surface area contributed by atoms with Crippen LogP contribution in [0.2, 0.25) is 0 Å². The molecule has 0 aliphatic rings. The maximum atomic E-state index is 12.8. The number of rotatable bonds is 3. The number of aromatic nitrogens is 3. The van der Waals surface area contributed by atoms with Crippen LogP contribution in [-0.4, -0.2) is 20.5 Å². The van der Waals surface area contributed by atoms with Gasteiger partial charge in [0.05, 0.1) is 0 Å². The number of hydrogen-bond acceptors (Lipinski definition) is 3. The van der Waals surface area contributed by atoms with E-state index >= 15 is 0 Å². The van der Waals surface area contributed by atoms with Gasteiger partial charge in [0.25, 0.3) is 11.5 Å². The van der Waals surface area contributed by atoms with Crippen LogP contribution in [-0.2, 0) is 6.54 Å². The largest absolute Gasteiger partial charge is 0.347 e. The Balaban J connectivity index is 1.79. The van der Waals surface area contributed by atoms with Gasteiger partial charge in [0.15, 0.2) is 5.69 Å². The van der Waals surface area contributed by atoms with Crippen molar-refractivity contribution in [2.75, 3.05) is 0 Å². The third-order valence-electron chi connectivity index (χ3n) is 3.19. The molecule has 112 valence electrons. The van der Waals surface area contributed by atoms with Gasteiger partial charge in [0.1, 0.15) is 11.3 Å². The normalized spacial score (nSPS) is 10.8. The number of aryl methyl sites for hydroxylation is 1. The van der Waals surface area contributed by atoms with Crippen molar-refractivity contribution in [3.05, 3.63) is 69.7 Å². The topological polar surface area (TPSA) is 79.3 Å². The fourth-order valence-electron chi connectivity index (χ4n) is 2.11. The molecule has 3 rings (SSSR count).